The zero-order valence-corrected chi connectivity index (χ0v) is 13.3. The van der Waals surface area contributed by atoms with Gasteiger partial charge in [-0.15, -0.1) is 0 Å². The molecule has 5 nitrogen and oxygen atoms in total. The molecule has 1 aromatic carbocycles. The van der Waals surface area contributed by atoms with E-state index in [1.54, 1.807) is 0 Å². The van der Waals surface area contributed by atoms with Crippen LogP contribution in [0.5, 0.6) is 0 Å². The molecule has 0 atom stereocenters. The number of benzene rings is 1. The summed E-state index contributed by atoms with van der Waals surface area (Å²) in [7, 11) is 0. The monoisotopic (exact) mass is 310 g/mol. The van der Waals surface area contributed by atoms with Gasteiger partial charge in [-0.3, -0.25) is 0 Å². The number of hydrogen-bond donors (Lipinski definition) is 3. The van der Waals surface area contributed by atoms with Crippen LogP contribution < -0.4 is 0 Å². The fourth-order valence-electron chi connectivity index (χ4n) is 1.99. The summed E-state index contributed by atoms with van der Waals surface area (Å²) >= 11 is 0. The first-order valence-corrected chi connectivity index (χ1v) is 7.62. The van der Waals surface area contributed by atoms with Gasteiger partial charge in [0.1, 0.15) is 0 Å². The Bertz CT molecular complexity index is 430. The third kappa shape index (κ3) is 7.78. The van der Waals surface area contributed by atoms with Crippen molar-refractivity contribution in [3.63, 3.8) is 0 Å². The van der Waals surface area contributed by atoms with Gasteiger partial charge in [0, 0.05) is 6.61 Å². The molecule has 0 saturated carbocycles. The molecule has 0 aliphatic rings. The van der Waals surface area contributed by atoms with Crippen LogP contribution in [0.3, 0.4) is 0 Å². The number of carboxylic acids is 2. The third-order valence-corrected chi connectivity index (χ3v) is 3.31. The summed E-state index contributed by atoms with van der Waals surface area (Å²) in [6.45, 7) is 4.06. The van der Waals surface area contributed by atoms with Crippen LogP contribution >= 0.6 is 0 Å². The Labute approximate surface area is 131 Å². The molecule has 0 radical (unpaired) electrons. The normalized spacial score (nSPS) is 9.77. The molecule has 1 rings (SSSR count). The van der Waals surface area contributed by atoms with Gasteiger partial charge in [-0.05, 0) is 31.0 Å². The van der Waals surface area contributed by atoms with E-state index in [4.69, 9.17) is 15.3 Å². The van der Waals surface area contributed by atoms with Crippen molar-refractivity contribution in [1.82, 2.24) is 0 Å². The van der Waals surface area contributed by atoms with Crippen molar-refractivity contribution >= 4 is 11.9 Å². The second-order valence-electron chi connectivity index (χ2n) is 5.08. The van der Waals surface area contributed by atoms with Crippen LogP contribution in [0.4, 0.5) is 0 Å². The van der Waals surface area contributed by atoms with E-state index < -0.39 is 11.9 Å². The molecular weight excluding hydrogens is 284 g/mol. The zero-order chi connectivity index (χ0) is 17.0. The average Bonchev–Trinajstić information content (AvgIpc) is 2.47. The highest BCUT2D eigenvalue weighted by atomic mass is 16.4. The van der Waals surface area contributed by atoms with E-state index in [1.165, 1.54) is 57.2 Å². The van der Waals surface area contributed by atoms with E-state index in [0.29, 0.717) is 6.61 Å². The minimum Gasteiger partial charge on any atom is -0.478 e. The molecule has 0 aliphatic carbocycles. The molecule has 1 aromatic rings. The highest BCUT2D eigenvalue weighted by Crippen LogP contribution is 2.13. The molecule has 0 amide bonds. The summed E-state index contributed by atoms with van der Waals surface area (Å²) in [4.78, 5) is 21.2. The lowest BCUT2D eigenvalue weighted by atomic mass is 10.0. The summed E-state index contributed by atoms with van der Waals surface area (Å²) < 4.78 is 0. The van der Waals surface area contributed by atoms with Crippen LogP contribution in [0.15, 0.2) is 18.2 Å². The second kappa shape index (κ2) is 11.7. The first-order valence-electron chi connectivity index (χ1n) is 7.62. The molecule has 0 aliphatic heterocycles. The number of aliphatic hydroxyl groups is 1. The predicted octanol–water partition coefficient (Wildman–Crippen LogP) is 3.73. The van der Waals surface area contributed by atoms with Gasteiger partial charge >= 0.3 is 11.9 Å². The number of rotatable bonds is 8. The molecule has 0 fully saturated rings. The number of carbonyl (C=O) groups is 2. The Morgan fingerprint density at radius 2 is 1.36 bits per heavy atom. The van der Waals surface area contributed by atoms with E-state index >= 15 is 0 Å². The van der Waals surface area contributed by atoms with Crippen molar-refractivity contribution in [3.8, 4) is 0 Å². The molecule has 124 valence electrons. The van der Waals surface area contributed by atoms with Crippen LogP contribution in [0.25, 0.3) is 0 Å². The van der Waals surface area contributed by atoms with Crippen molar-refractivity contribution in [2.75, 3.05) is 6.61 Å². The largest absolute Gasteiger partial charge is 0.478 e. The quantitative estimate of drug-likeness (QED) is 0.636. The molecule has 0 saturated heterocycles. The number of hydrogen-bond acceptors (Lipinski definition) is 3. The SMILES string of the molecule is CCCCCCCCO.Cc1c(C(=O)O)cccc1C(=O)O. The third-order valence-electron chi connectivity index (χ3n) is 3.31. The van der Waals surface area contributed by atoms with Gasteiger partial charge in [-0.2, -0.15) is 0 Å². The maximum Gasteiger partial charge on any atom is 0.335 e. The molecule has 0 unspecified atom stereocenters. The van der Waals surface area contributed by atoms with Crippen molar-refractivity contribution in [2.45, 2.75) is 52.4 Å². The molecule has 22 heavy (non-hydrogen) atoms. The van der Waals surface area contributed by atoms with Gasteiger partial charge in [-0.25, -0.2) is 9.59 Å². The molecule has 0 heterocycles. The first kappa shape index (κ1) is 20.1. The van der Waals surface area contributed by atoms with Crippen LogP contribution in [0, 0.1) is 6.92 Å². The molecular formula is C17H26O5. The lowest BCUT2D eigenvalue weighted by Crippen LogP contribution is -2.06. The summed E-state index contributed by atoms with van der Waals surface area (Å²) in [6.07, 6.45) is 7.50. The smallest absolute Gasteiger partial charge is 0.335 e. The average molecular weight is 310 g/mol. The summed E-state index contributed by atoms with van der Waals surface area (Å²) in [5.41, 5.74) is 0.335. The van der Waals surface area contributed by atoms with Gasteiger partial charge in [0.25, 0.3) is 0 Å². The van der Waals surface area contributed by atoms with Gasteiger partial charge < -0.3 is 15.3 Å². The summed E-state index contributed by atoms with van der Waals surface area (Å²) in [5, 5.41) is 25.8. The lowest BCUT2D eigenvalue weighted by Gasteiger charge is -2.03. The van der Waals surface area contributed by atoms with Crippen LogP contribution in [-0.4, -0.2) is 33.9 Å². The van der Waals surface area contributed by atoms with Crippen molar-refractivity contribution in [1.29, 1.82) is 0 Å². The van der Waals surface area contributed by atoms with Crippen LogP contribution in [0.2, 0.25) is 0 Å². The minimum absolute atomic E-state index is 0.0277. The molecule has 0 aromatic heterocycles. The first-order chi connectivity index (χ1) is 10.5. The van der Waals surface area contributed by atoms with E-state index in [2.05, 4.69) is 6.92 Å². The van der Waals surface area contributed by atoms with Crippen molar-refractivity contribution in [3.05, 3.63) is 34.9 Å². The molecule has 0 bridgehead atoms. The maximum atomic E-state index is 10.6. The second-order valence-corrected chi connectivity index (χ2v) is 5.08. The van der Waals surface area contributed by atoms with Gasteiger partial charge in [0.15, 0.2) is 0 Å². The molecule has 0 spiro atoms. The standard InChI is InChI=1S/C9H8O4.C8H18O/c1-5-6(8(10)11)3-2-4-7(5)9(12)13;1-2-3-4-5-6-7-8-9/h2-4H,1H3,(H,10,11)(H,12,13);9H,2-8H2,1H3. The van der Waals surface area contributed by atoms with E-state index in [0.717, 1.165) is 6.42 Å². The summed E-state index contributed by atoms with van der Waals surface area (Å²) in [6, 6.07) is 4.17. The maximum absolute atomic E-state index is 10.6. The van der Waals surface area contributed by atoms with Crippen LogP contribution in [-0.2, 0) is 0 Å². The van der Waals surface area contributed by atoms with E-state index in [-0.39, 0.29) is 16.7 Å². The minimum atomic E-state index is -1.11. The highest BCUT2D eigenvalue weighted by Gasteiger charge is 2.13. The van der Waals surface area contributed by atoms with Gasteiger partial charge in [0.2, 0.25) is 0 Å². The highest BCUT2D eigenvalue weighted by molar-refractivity contribution is 5.96. The zero-order valence-electron chi connectivity index (χ0n) is 13.3. The predicted molar refractivity (Wildman–Crippen MR) is 85.6 cm³/mol. The Kier molecular flexibility index (Phi) is 10.7. The Balaban J connectivity index is 0.000000433. The number of carboxylic acid groups (broad SMARTS) is 2. The molecule has 3 N–H and O–H groups in total. The lowest BCUT2D eigenvalue weighted by molar-refractivity contribution is 0.0696. The fourth-order valence-corrected chi connectivity index (χ4v) is 1.99. The Morgan fingerprint density at radius 1 is 0.909 bits per heavy atom. The number of aliphatic hydroxyl groups excluding tert-OH is 1. The van der Waals surface area contributed by atoms with Crippen molar-refractivity contribution < 1.29 is 24.9 Å². The summed E-state index contributed by atoms with van der Waals surface area (Å²) in [5.74, 6) is -2.22. The Morgan fingerprint density at radius 3 is 1.77 bits per heavy atom. The number of aromatic carboxylic acids is 2. The van der Waals surface area contributed by atoms with Crippen molar-refractivity contribution in [2.24, 2.45) is 0 Å². The topological polar surface area (TPSA) is 94.8 Å². The van der Waals surface area contributed by atoms with E-state index in [1.807, 2.05) is 0 Å². The molecule has 5 heteroatoms. The fraction of sp³-hybridized carbons (Fsp3) is 0.529. The Hall–Kier alpha value is -1.88. The van der Waals surface area contributed by atoms with Crippen LogP contribution in [0.1, 0.15) is 71.7 Å². The van der Waals surface area contributed by atoms with E-state index in [9.17, 15) is 9.59 Å². The number of unbranched alkanes of at least 4 members (excludes halogenated alkanes) is 5. The van der Waals surface area contributed by atoms with Gasteiger partial charge in [0.05, 0.1) is 11.1 Å². The van der Waals surface area contributed by atoms with Gasteiger partial charge in [-0.1, -0.05) is 45.1 Å².